The molecule has 2 aliphatic heterocycles. The highest BCUT2D eigenvalue weighted by molar-refractivity contribution is 5.97. The van der Waals surface area contributed by atoms with Crippen molar-refractivity contribution < 1.29 is 18.7 Å². The number of halogens is 1. The van der Waals surface area contributed by atoms with Gasteiger partial charge in [-0.15, -0.1) is 0 Å². The second-order valence-corrected chi connectivity index (χ2v) is 7.90. The van der Waals surface area contributed by atoms with E-state index in [-0.39, 0.29) is 23.5 Å². The van der Waals surface area contributed by atoms with Gasteiger partial charge in [-0.1, -0.05) is 0 Å². The normalized spacial score (nSPS) is 17.9. The molecule has 4 rings (SSSR count). The van der Waals surface area contributed by atoms with Crippen molar-refractivity contribution in [3.8, 4) is 0 Å². The van der Waals surface area contributed by atoms with Crippen LogP contribution in [0, 0.1) is 11.7 Å². The van der Waals surface area contributed by atoms with E-state index < -0.39 is 5.92 Å². The Hall–Kier alpha value is -2.80. The van der Waals surface area contributed by atoms with Crippen LogP contribution in [0.3, 0.4) is 0 Å². The fourth-order valence-electron chi connectivity index (χ4n) is 4.02. The molecule has 0 aliphatic carbocycles. The minimum Gasteiger partial charge on any atom is -0.381 e. The summed E-state index contributed by atoms with van der Waals surface area (Å²) in [6, 6.07) is 9.40. The van der Waals surface area contributed by atoms with Crippen LogP contribution in [-0.2, 0) is 20.7 Å². The molecule has 2 aromatic rings. The number of benzene rings is 1. The molecule has 1 atom stereocenters. The summed E-state index contributed by atoms with van der Waals surface area (Å²) in [4.78, 5) is 32.2. The fraction of sp³-hybridized carbons (Fsp3) is 0.435. The molecule has 1 unspecified atom stereocenters. The van der Waals surface area contributed by atoms with Crippen LogP contribution in [0.2, 0.25) is 0 Å². The van der Waals surface area contributed by atoms with Crippen LogP contribution in [0.1, 0.15) is 43.5 Å². The Labute approximate surface area is 175 Å². The molecule has 0 spiro atoms. The molecule has 0 radical (unpaired) electrons. The Kier molecular flexibility index (Phi) is 6.08. The molecule has 6 nitrogen and oxygen atoms in total. The van der Waals surface area contributed by atoms with E-state index in [2.05, 4.69) is 5.32 Å². The third-order valence-corrected chi connectivity index (χ3v) is 5.84. The maximum absolute atomic E-state index is 13.1. The lowest BCUT2D eigenvalue weighted by Crippen LogP contribution is -2.41. The van der Waals surface area contributed by atoms with Gasteiger partial charge in [0.15, 0.2) is 0 Å². The lowest BCUT2D eigenvalue weighted by molar-refractivity contribution is -0.125. The van der Waals surface area contributed by atoms with Crippen LogP contribution < -0.4 is 10.2 Å². The molecule has 1 N–H and O–H groups in total. The highest BCUT2D eigenvalue weighted by Gasteiger charge is 2.31. The van der Waals surface area contributed by atoms with Gasteiger partial charge in [0.2, 0.25) is 11.8 Å². The van der Waals surface area contributed by atoms with Crippen LogP contribution in [0.5, 0.6) is 0 Å². The number of amides is 2. The molecule has 2 aliphatic rings. The van der Waals surface area contributed by atoms with Crippen molar-refractivity contribution in [3.63, 3.8) is 0 Å². The molecule has 158 valence electrons. The van der Waals surface area contributed by atoms with Gasteiger partial charge >= 0.3 is 0 Å². The fourth-order valence-corrected chi connectivity index (χ4v) is 4.02. The van der Waals surface area contributed by atoms with Gasteiger partial charge in [0.25, 0.3) is 0 Å². The van der Waals surface area contributed by atoms with E-state index in [1.165, 1.54) is 24.3 Å². The van der Waals surface area contributed by atoms with Crippen molar-refractivity contribution in [3.05, 3.63) is 53.6 Å². The predicted octanol–water partition coefficient (Wildman–Crippen LogP) is 3.67. The Morgan fingerprint density at radius 2 is 1.90 bits per heavy atom. The molecular weight excluding hydrogens is 385 g/mol. The van der Waals surface area contributed by atoms with Crippen molar-refractivity contribution in [1.82, 2.24) is 4.98 Å². The third kappa shape index (κ3) is 4.36. The third-order valence-electron chi connectivity index (χ3n) is 5.84. The van der Waals surface area contributed by atoms with Gasteiger partial charge in [-0.05, 0) is 69.0 Å². The number of nitrogens with one attached hydrogen (secondary N) is 1. The standard InChI is InChI=1S/C23H26FN3O3/c1-15(22(28)25-18-6-4-17(24)5-7-18)19-8-9-21-20(26-19)3-2-12-27(21)23(29)16-10-13-30-14-11-16/h4-9,15-16H,2-3,10-14H2,1H3,(H,25,28). The first-order valence-corrected chi connectivity index (χ1v) is 10.5. The summed E-state index contributed by atoms with van der Waals surface area (Å²) in [5, 5.41) is 2.80. The highest BCUT2D eigenvalue weighted by Crippen LogP contribution is 2.31. The number of nitrogens with zero attached hydrogens (tertiary/aromatic N) is 2. The quantitative estimate of drug-likeness (QED) is 0.833. The summed E-state index contributed by atoms with van der Waals surface area (Å²) < 4.78 is 18.4. The van der Waals surface area contributed by atoms with E-state index in [4.69, 9.17) is 9.72 Å². The van der Waals surface area contributed by atoms with Crippen molar-refractivity contribution >= 4 is 23.2 Å². The number of carbonyl (C=O) groups is 2. The average molecular weight is 411 g/mol. The Balaban J connectivity index is 1.49. The van der Waals surface area contributed by atoms with Gasteiger partial charge in [0, 0.05) is 31.4 Å². The van der Waals surface area contributed by atoms with Crippen LogP contribution in [0.15, 0.2) is 36.4 Å². The number of hydrogen-bond donors (Lipinski definition) is 1. The number of ether oxygens (including phenoxy) is 1. The lowest BCUT2D eigenvalue weighted by Gasteiger charge is -2.33. The predicted molar refractivity (Wildman–Crippen MR) is 112 cm³/mol. The zero-order valence-electron chi connectivity index (χ0n) is 17.1. The van der Waals surface area contributed by atoms with E-state index in [1.807, 2.05) is 17.0 Å². The van der Waals surface area contributed by atoms with Gasteiger partial charge in [0.05, 0.1) is 23.0 Å². The number of rotatable bonds is 4. The van der Waals surface area contributed by atoms with Gasteiger partial charge in [-0.3, -0.25) is 14.6 Å². The van der Waals surface area contributed by atoms with Crippen LogP contribution in [0.25, 0.3) is 0 Å². The van der Waals surface area contributed by atoms with Gasteiger partial charge in [0.1, 0.15) is 5.82 Å². The number of aryl methyl sites for hydroxylation is 1. The molecule has 3 heterocycles. The molecule has 1 fully saturated rings. The Morgan fingerprint density at radius 3 is 2.63 bits per heavy atom. The van der Waals surface area contributed by atoms with Gasteiger partial charge < -0.3 is 15.0 Å². The summed E-state index contributed by atoms with van der Waals surface area (Å²) in [6.07, 6.45) is 3.16. The molecule has 0 bridgehead atoms. The first kappa shape index (κ1) is 20.5. The molecule has 0 saturated carbocycles. The minimum absolute atomic E-state index is 0.00443. The summed E-state index contributed by atoms with van der Waals surface area (Å²) >= 11 is 0. The molecule has 1 aromatic carbocycles. The molecule has 30 heavy (non-hydrogen) atoms. The zero-order chi connectivity index (χ0) is 21.1. The van der Waals surface area contributed by atoms with Crippen molar-refractivity contribution in [2.75, 3.05) is 30.0 Å². The second-order valence-electron chi connectivity index (χ2n) is 7.90. The number of aromatic nitrogens is 1. The number of pyridine rings is 1. The van der Waals surface area contributed by atoms with E-state index in [0.717, 1.165) is 37.1 Å². The van der Waals surface area contributed by atoms with Crippen LogP contribution >= 0.6 is 0 Å². The Morgan fingerprint density at radius 1 is 1.17 bits per heavy atom. The van der Waals surface area contributed by atoms with Crippen molar-refractivity contribution in [1.29, 1.82) is 0 Å². The van der Waals surface area contributed by atoms with Crippen molar-refractivity contribution in [2.45, 2.75) is 38.5 Å². The van der Waals surface area contributed by atoms with E-state index in [9.17, 15) is 14.0 Å². The number of hydrogen-bond acceptors (Lipinski definition) is 4. The maximum atomic E-state index is 13.1. The average Bonchev–Trinajstić information content (AvgIpc) is 2.79. The van der Waals surface area contributed by atoms with Gasteiger partial charge in [-0.2, -0.15) is 0 Å². The largest absolute Gasteiger partial charge is 0.381 e. The number of anilines is 2. The maximum Gasteiger partial charge on any atom is 0.233 e. The first-order chi connectivity index (χ1) is 14.5. The van der Waals surface area contributed by atoms with E-state index in [0.29, 0.717) is 31.1 Å². The minimum atomic E-state index is -0.470. The molecule has 1 saturated heterocycles. The molecule has 1 aromatic heterocycles. The van der Waals surface area contributed by atoms with Crippen LogP contribution in [-0.4, -0.2) is 36.6 Å². The smallest absolute Gasteiger partial charge is 0.233 e. The summed E-state index contributed by atoms with van der Waals surface area (Å²) in [6.45, 7) is 3.76. The molecule has 7 heteroatoms. The molecule has 2 amide bonds. The van der Waals surface area contributed by atoms with Gasteiger partial charge in [-0.25, -0.2) is 4.39 Å². The SMILES string of the molecule is CC(C(=O)Nc1ccc(F)cc1)c1ccc2c(n1)CCCN2C(=O)C1CCOCC1. The summed E-state index contributed by atoms with van der Waals surface area (Å²) in [5.41, 5.74) is 2.92. The van der Waals surface area contributed by atoms with E-state index >= 15 is 0 Å². The topological polar surface area (TPSA) is 71.5 Å². The van der Waals surface area contributed by atoms with E-state index in [1.54, 1.807) is 6.92 Å². The highest BCUT2D eigenvalue weighted by atomic mass is 19.1. The first-order valence-electron chi connectivity index (χ1n) is 10.5. The zero-order valence-corrected chi connectivity index (χ0v) is 17.1. The summed E-state index contributed by atoms with van der Waals surface area (Å²) in [5.74, 6) is -0.875. The monoisotopic (exact) mass is 411 g/mol. The lowest BCUT2D eigenvalue weighted by atomic mass is 9.96. The Bertz CT molecular complexity index is 926. The number of fused-ring (bicyclic) bond motifs is 1. The number of carbonyl (C=O) groups excluding carboxylic acids is 2. The summed E-state index contributed by atoms with van der Waals surface area (Å²) in [7, 11) is 0. The van der Waals surface area contributed by atoms with Crippen LogP contribution in [0.4, 0.5) is 15.8 Å². The van der Waals surface area contributed by atoms with Crippen molar-refractivity contribution in [2.24, 2.45) is 5.92 Å². The second kappa shape index (κ2) is 8.92. The molecular formula is C23H26FN3O3.